The molecule has 7 nitrogen and oxygen atoms in total. The second kappa shape index (κ2) is 8.24. The molecule has 0 atom stereocenters. The Morgan fingerprint density at radius 2 is 2.08 bits per heavy atom. The normalized spacial score (nSPS) is 12.7. The highest BCUT2D eigenvalue weighted by atomic mass is 32.1. The Morgan fingerprint density at radius 1 is 1.27 bits per heavy atom. The topological polar surface area (TPSA) is 92.4 Å². The van der Waals surface area contributed by atoms with E-state index < -0.39 is 0 Å². The van der Waals surface area contributed by atoms with Crippen LogP contribution in [0.2, 0.25) is 0 Å². The molecule has 0 aliphatic heterocycles. The molecule has 0 aromatic carbocycles. The van der Waals surface area contributed by atoms with Crippen LogP contribution in [0.25, 0.3) is 0 Å². The number of carbonyl (C=O) groups is 2. The molecule has 3 rings (SSSR count). The minimum absolute atomic E-state index is 0.186. The van der Waals surface area contributed by atoms with Gasteiger partial charge in [-0.3, -0.25) is 20.6 Å². The maximum Gasteiger partial charge on any atom is 0.341 e. The van der Waals surface area contributed by atoms with E-state index in [2.05, 4.69) is 21.2 Å². The molecule has 136 valence electrons. The van der Waals surface area contributed by atoms with Crippen molar-refractivity contribution in [1.29, 1.82) is 0 Å². The fraction of sp³-hybridized carbons (Fsp3) is 0.294. The summed E-state index contributed by atoms with van der Waals surface area (Å²) in [5, 5.41) is 3.82. The van der Waals surface area contributed by atoms with Gasteiger partial charge in [0, 0.05) is 17.3 Å². The molecule has 1 amide bonds. The highest BCUT2D eigenvalue weighted by Crippen LogP contribution is 2.38. The molecule has 9 heteroatoms. The second-order valence-electron chi connectivity index (χ2n) is 5.68. The molecular weight excluding hydrogens is 372 g/mol. The largest absolute Gasteiger partial charge is 0.465 e. The quantitative estimate of drug-likeness (QED) is 0.421. The molecule has 1 aliphatic carbocycles. The van der Waals surface area contributed by atoms with Gasteiger partial charge in [0.25, 0.3) is 5.91 Å². The summed E-state index contributed by atoms with van der Waals surface area (Å²) in [6.07, 6.45) is 7.01. The van der Waals surface area contributed by atoms with E-state index in [4.69, 9.17) is 17.0 Å². The Balaban J connectivity index is 1.68. The minimum atomic E-state index is -0.380. The first-order valence-corrected chi connectivity index (χ1v) is 9.33. The third-order valence-electron chi connectivity index (χ3n) is 4.00. The third kappa shape index (κ3) is 4.00. The molecule has 0 saturated carbocycles. The number of thiophene rings is 1. The van der Waals surface area contributed by atoms with Gasteiger partial charge in [-0.2, -0.15) is 0 Å². The van der Waals surface area contributed by atoms with Gasteiger partial charge in [-0.05, 0) is 55.6 Å². The number of aryl methyl sites for hydroxylation is 1. The Bertz CT molecular complexity index is 836. The van der Waals surface area contributed by atoms with E-state index in [1.807, 2.05) is 0 Å². The maximum absolute atomic E-state index is 12.2. The summed E-state index contributed by atoms with van der Waals surface area (Å²) in [6, 6.07) is 3.31. The lowest BCUT2D eigenvalue weighted by molar-refractivity contribution is 0.0600. The average molecular weight is 390 g/mol. The molecule has 0 fully saturated rings. The molecule has 2 aromatic heterocycles. The monoisotopic (exact) mass is 390 g/mol. The summed E-state index contributed by atoms with van der Waals surface area (Å²) in [5.74, 6) is -0.741. The zero-order valence-corrected chi connectivity index (χ0v) is 15.8. The van der Waals surface area contributed by atoms with Gasteiger partial charge in [0.05, 0.1) is 18.2 Å². The van der Waals surface area contributed by atoms with Gasteiger partial charge in [-0.1, -0.05) is 0 Å². The average Bonchev–Trinajstić information content (AvgIpc) is 3.03. The molecule has 2 aromatic rings. The Morgan fingerprint density at radius 3 is 2.81 bits per heavy atom. The number of rotatable bonds is 3. The van der Waals surface area contributed by atoms with Gasteiger partial charge in [-0.15, -0.1) is 11.3 Å². The zero-order valence-electron chi connectivity index (χ0n) is 14.1. The zero-order chi connectivity index (χ0) is 18.5. The number of pyridine rings is 1. The van der Waals surface area contributed by atoms with Crippen LogP contribution >= 0.6 is 23.6 Å². The number of fused-ring (bicyclic) bond motifs is 1. The van der Waals surface area contributed by atoms with E-state index in [0.29, 0.717) is 16.1 Å². The molecule has 0 spiro atoms. The van der Waals surface area contributed by atoms with Crippen molar-refractivity contribution in [3.05, 3.63) is 46.1 Å². The summed E-state index contributed by atoms with van der Waals surface area (Å²) < 4.78 is 4.93. The van der Waals surface area contributed by atoms with Crippen LogP contribution in [0, 0.1) is 0 Å². The van der Waals surface area contributed by atoms with E-state index in [9.17, 15) is 9.59 Å². The van der Waals surface area contributed by atoms with Gasteiger partial charge >= 0.3 is 5.97 Å². The van der Waals surface area contributed by atoms with E-state index in [0.717, 1.165) is 31.2 Å². The van der Waals surface area contributed by atoms with E-state index >= 15 is 0 Å². The first-order chi connectivity index (χ1) is 12.6. The van der Waals surface area contributed by atoms with Crippen LogP contribution in [-0.2, 0) is 17.6 Å². The Labute approximate surface area is 160 Å². The fourth-order valence-corrected chi connectivity index (χ4v) is 4.29. The number of hydrogen-bond donors (Lipinski definition) is 3. The highest BCUT2D eigenvalue weighted by Gasteiger charge is 2.26. The lowest BCUT2D eigenvalue weighted by Gasteiger charge is -2.13. The van der Waals surface area contributed by atoms with Gasteiger partial charge in [-0.25, -0.2) is 4.79 Å². The highest BCUT2D eigenvalue weighted by molar-refractivity contribution is 7.80. The smallest absolute Gasteiger partial charge is 0.341 e. The standard InChI is InChI=1S/C17H18N4O3S2/c1-24-16(23)13-11-6-2-3-7-12(11)26-15(13)19-17(25)21-20-14(22)10-5-4-8-18-9-10/h4-5,8-9H,2-3,6-7H2,1H3,(H,20,22)(H2,19,21,25). The van der Waals surface area contributed by atoms with Gasteiger partial charge in [0.2, 0.25) is 0 Å². The molecule has 1 aliphatic rings. The van der Waals surface area contributed by atoms with Crippen molar-refractivity contribution < 1.29 is 14.3 Å². The molecule has 3 N–H and O–H groups in total. The van der Waals surface area contributed by atoms with Gasteiger partial charge in [0.1, 0.15) is 5.00 Å². The Kier molecular flexibility index (Phi) is 5.79. The number of ether oxygens (including phenoxy) is 1. The predicted octanol–water partition coefficient (Wildman–Crippen LogP) is 2.44. The third-order valence-corrected chi connectivity index (χ3v) is 5.41. The summed E-state index contributed by atoms with van der Waals surface area (Å²) in [7, 11) is 1.36. The van der Waals surface area contributed by atoms with Gasteiger partial charge in [0.15, 0.2) is 5.11 Å². The molecule has 0 unspecified atom stereocenters. The second-order valence-corrected chi connectivity index (χ2v) is 7.19. The number of carbonyl (C=O) groups excluding carboxylic acids is 2. The van der Waals surface area contributed by atoms with Gasteiger partial charge < -0.3 is 10.1 Å². The van der Waals surface area contributed by atoms with Crippen molar-refractivity contribution in [2.75, 3.05) is 12.4 Å². The fourth-order valence-electron chi connectivity index (χ4n) is 2.79. The predicted molar refractivity (Wildman–Crippen MR) is 103 cm³/mol. The van der Waals surface area contributed by atoms with Crippen LogP contribution in [0.3, 0.4) is 0 Å². The number of amides is 1. The molecule has 0 radical (unpaired) electrons. The molecule has 0 bridgehead atoms. The lowest BCUT2D eigenvalue weighted by atomic mass is 9.95. The molecular formula is C17H18N4O3S2. The van der Waals surface area contributed by atoms with E-state index in [1.165, 1.54) is 29.5 Å². The summed E-state index contributed by atoms with van der Waals surface area (Å²) in [5.41, 5.74) is 7.12. The van der Waals surface area contributed by atoms with Crippen molar-refractivity contribution in [3.8, 4) is 0 Å². The van der Waals surface area contributed by atoms with Crippen LogP contribution < -0.4 is 16.2 Å². The summed E-state index contributed by atoms with van der Waals surface area (Å²) >= 11 is 6.73. The number of methoxy groups -OCH3 is 1. The Hall–Kier alpha value is -2.52. The lowest BCUT2D eigenvalue weighted by Crippen LogP contribution is -2.43. The minimum Gasteiger partial charge on any atom is -0.465 e. The number of anilines is 1. The molecule has 26 heavy (non-hydrogen) atoms. The number of hydrogen-bond acceptors (Lipinski definition) is 6. The van der Waals surface area contributed by atoms with Crippen LogP contribution in [0.15, 0.2) is 24.5 Å². The summed E-state index contributed by atoms with van der Waals surface area (Å²) in [6.45, 7) is 0. The van der Waals surface area contributed by atoms with Crippen LogP contribution in [0.4, 0.5) is 5.00 Å². The van der Waals surface area contributed by atoms with Crippen LogP contribution in [-0.4, -0.2) is 29.1 Å². The number of nitrogens with zero attached hydrogens (tertiary/aromatic N) is 1. The number of nitrogens with one attached hydrogen (secondary N) is 3. The number of aromatic nitrogens is 1. The SMILES string of the molecule is COC(=O)c1c(NC(=S)NNC(=O)c2cccnc2)sc2c1CCCC2. The molecule has 0 saturated heterocycles. The number of esters is 1. The van der Waals surface area contributed by atoms with Crippen molar-refractivity contribution in [3.63, 3.8) is 0 Å². The number of hydrazine groups is 1. The first-order valence-electron chi connectivity index (χ1n) is 8.10. The van der Waals surface area contributed by atoms with E-state index in [1.54, 1.807) is 18.3 Å². The van der Waals surface area contributed by atoms with E-state index in [-0.39, 0.29) is 17.0 Å². The van der Waals surface area contributed by atoms with Crippen molar-refractivity contribution in [1.82, 2.24) is 15.8 Å². The van der Waals surface area contributed by atoms with Crippen molar-refractivity contribution in [2.45, 2.75) is 25.7 Å². The maximum atomic E-state index is 12.2. The summed E-state index contributed by atoms with van der Waals surface area (Å²) in [4.78, 5) is 29.3. The van der Waals surface area contributed by atoms with Crippen LogP contribution in [0.5, 0.6) is 0 Å². The van der Waals surface area contributed by atoms with Crippen molar-refractivity contribution >= 4 is 45.5 Å². The van der Waals surface area contributed by atoms with Crippen LogP contribution in [0.1, 0.15) is 44.0 Å². The molecule has 2 heterocycles. The first kappa shape index (κ1) is 18.3. The van der Waals surface area contributed by atoms with Crippen molar-refractivity contribution in [2.24, 2.45) is 0 Å². The number of thiocarbonyl (C=S) groups is 1.